The molecule has 0 saturated heterocycles. The van der Waals surface area contributed by atoms with Crippen molar-refractivity contribution in [3.05, 3.63) is 34.5 Å². The van der Waals surface area contributed by atoms with Gasteiger partial charge in [-0.15, -0.1) is 0 Å². The molecule has 0 aliphatic heterocycles. The van der Waals surface area contributed by atoms with Gasteiger partial charge in [0.1, 0.15) is 5.82 Å². The normalized spacial score (nSPS) is 10.4. The highest BCUT2D eigenvalue weighted by atomic mass is 16.1. The van der Waals surface area contributed by atoms with Crippen molar-refractivity contribution in [1.29, 1.82) is 0 Å². The molecule has 2 rings (SSSR count). The average molecular weight is 191 g/mol. The highest BCUT2D eigenvalue weighted by Gasteiger charge is 2.03. The van der Waals surface area contributed by atoms with Crippen molar-refractivity contribution < 1.29 is 0 Å². The van der Waals surface area contributed by atoms with Crippen LogP contribution in [0.5, 0.6) is 0 Å². The van der Waals surface area contributed by atoms with E-state index >= 15 is 0 Å². The van der Waals surface area contributed by atoms with Crippen LogP contribution < -0.4 is 11.3 Å². The second-order valence-electron chi connectivity index (χ2n) is 2.78. The van der Waals surface area contributed by atoms with Crippen molar-refractivity contribution in [2.75, 3.05) is 0 Å². The number of rotatable bonds is 2. The molecule has 0 aromatic carbocycles. The summed E-state index contributed by atoms with van der Waals surface area (Å²) in [6.07, 6.45) is 4.71. The van der Waals surface area contributed by atoms with E-state index in [-0.39, 0.29) is 12.1 Å². The second-order valence-corrected chi connectivity index (χ2v) is 2.78. The molecule has 72 valence electrons. The summed E-state index contributed by atoms with van der Waals surface area (Å²) in [5, 5.41) is 6.40. The van der Waals surface area contributed by atoms with E-state index in [4.69, 9.17) is 5.73 Å². The summed E-state index contributed by atoms with van der Waals surface area (Å²) in [5.41, 5.74) is 6.34. The van der Waals surface area contributed by atoms with Crippen LogP contribution in [0.1, 0.15) is 5.56 Å². The quantitative estimate of drug-likeness (QED) is 0.602. The van der Waals surface area contributed by atoms with Crippen molar-refractivity contribution in [2.24, 2.45) is 5.73 Å². The molecule has 14 heavy (non-hydrogen) atoms. The zero-order chi connectivity index (χ0) is 9.97. The Labute approximate surface area is 79.2 Å². The van der Waals surface area contributed by atoms with E-state index < -0.39 is 0 Å². The molecule has 2 aromatic rings. The number of aromatic amines is 2. The molecule has 0 fully saturated rings. The Morgan fingerprint density at radius 1 is 1.43 bits per heavy atom. The lowest BCUT2D eigenvalue weighted by Crippen LogP contribution is -2.17. The number of nitrogens with two attached hydrogens (primary N) is 1. The Morgan fingerprint density at radius 2 is 2.29 bits per heavy atom. The van der Waals surface area contributed by atoms with Gasteiger partial charge in [-0.3, -0.25) is 9.89 Å². The van der Waals surface area contributed by atoms with E-state index in [1.165, 1.54) is 6.20 Å². The van der Waals surface area contributed by atoms with E-state index in [1.807, 2.05) is 0 Å². The predicted octanol–water partition coefficient (Wildman–Crippen LogP) is -0.381. The first kappa shape index (κ1) is 8.64. The highest BCUT2D eigenvalue weighted by molar-refractivity contribution is 5.51. The number of H-pyrrole nitrogens is 2. The van der Waals surface area contributed by atoms with Gasteiger partial charge in [-0.05, 0) is 0 Å². The molecule has 0 atom stereocenters. The highest BCUT2D eigenvalue weighted by Crippen LogP contribution is 2.08. The molecule has 0 spiro atoms. The Bertz CT molecular complexity index is 473. The summed E-state index contributed by atoms with van der Waals surface area (Å²) in [6, 6.07) is 0. The zero-order valence-electron chi connectivity index (χ0n) is 7.32. The molecule has 6 nitrogen and oxygen atoms in total. The van der Waals surface area contributed by atoms with E-state index in [0.717, 1.165) is 5.56 Å². The molecule has 0 unspecified atom stereocenters. The second kappa shape index (κ2) is 3.43. The van der Waals surface area contributed by atoms with Gasteiger partial charge in [0, 0.05) is 24.5 Å². The van der Waals surface area contributed by atoms with Crippen molar-refractivity contribution in [3.8, 4) is 11.4 Å². The van der Waals surface area contributed by atoms with Gasteiger partial charge in [0.2, 0.25) is 0 Å². The number of nitrogens with zero attached hydrogens (tertiary/aromatic N) is 2. The minimum Gasteiger partial charge on any atom is -0.326 e. The number of hydrogen-bond acceptors (Lipinski definition) is 4. The maximum atomic E-state index is 11.4. The third-order valence-corrected chi connectivity index (χ3v) is 1.86. The maximum absolute atomic E-state index is 11.4. The molecule has 0 bridgehead atoms. The maximum Gasteiger partial charge on any atom is 0.255 e. The first-order chi connectivity index (χ1) is 6.81. The van der Waals surface area contributed by atoms with Crippen LogP contribution in [-0.4, -0.2) is 20.2 Å². The van der Waals surface area contributed by atoms with E-state index in [1.54, 1.807) is 12.4 Å². The largest absolute Gasteiger partial charge is 0.326 e. The molecule has 0 amide bonds. The van der Waals surface area contributed by atoms with Crippen LogP contribution in [-0.2, 0) is 6.54 Å². The Kier molecular flexibility index (Phi) is 2.11. The third-order valence-electron chi connectivity index (χ3n) is 1.86. The number of hydrogen-bond donors (Lipinski definition) is 3. The fourth-order valence-corrected chi connectivity index (χ4v) is 1.09. The average Bonchev–Trinajstić information content (AvgIpc) is 2.70. The van der Waals surface area contributed by atoms with Gasteiger partial charge in [-0.1, -0.05) is 0 Å². The fraction of sp³-hybridized carbons (Fsp3) is 0.125. The lowest BCUT2D eigenvalue weighted by molar-refractivity contribution is 0.979. The lowest BCUT2D eigenvalue weighted by Gasteiger charge is -1.97. The van der Waals surface area contributed by atoms with E-state index in [2.05, 4.69) is 20.2 Å². The molecular formula is C8H9N5O. The summed E-state index contributed by atoms with van der Waals surface area (Å²) in [5.74, 6) is 0.487. The van der Waals surface area contributed by atoms with Crippen LogP contribution in [0, 0.1) is 0 Å². The smallest absolute Gasteiger partial charge is 0.255 e. The van der Waals surface area contributed by atoms with Gasteiger partial charge in [0.15, 0.2) is 0 Å². The molecule has 0 aliphatic rings. The molecule has 2 aromatic heterocycles. The SMILES string of the molecule is NCc1cnc(-c2cn[nH]c2)[nH]c1=O. The molecule has 0 radical (unpaired) electrons. The van der Waals surface area contributed by atoms with Gasteiger partial charge in [0.25, 0.3) is 5.56 Å². The minimum absolute atomic E-state index is 0.188. The molecule has 4 N–H and O–H groups in total. The van der Waals surface area contributed by atoms with E-state index in [0.29, 0.717) is 11.4 Å². The summed E-state index contributed by atoms with van der Waals surface area (Å²) < 4.78 is 0. The van der Waals surface area contributed by atoms with Gasteiger partial charge in [0.05, 0.1) is 11.8 Å². The lowest BCUT2D eigenvalue weighted by atomic mass is 10.3. The van der Waals surface area contributed by atoms with Crippen molar-refractivity contribution in [3.63, 3.8) is 0 Å². The minimum atomic E-state index is -0.210. The Balaban J connectivity index is 2.48. The molecule has 0 saturated carbocycles. The Morgan fingerprint density at radius 3 is 2.86 bits per heavy atom. The monoisotopic (exact) mass is 191 g/mol. The zero-order valence-corrected chi connectivity index (χ0v) is 7.32. The fourth-order valence-electron chi connectivity index (χ4n) is 1.09. The number of aromatic nitrogens is 4. The van der Waals surface area contributed by atoms with Crippen LogP contribution in [0.2, 0.25) is 0 Å². The standard InChI is InChI=1S/C8H9N5O/c9-1-5-2-10-7(13-8(5)14)6-3-11-12-4-6/h2-4H,1,9H2,(H,11,12)(H,10,13,14). The molecule has 6 heteroatoms. The van der Waals surface area contributed by atoms with Crippen LogP contribution in [0.3, 0.4) is 0 Å². The van der Waals surface area contributed by atoms with Gasteiger partial charge in [-0.25, -0.2) is 4.98 Å². The van der Waals surface area contributed by atoms with Crippen LogP contribution in [0.15, 0.2) is 23.4 Å². The third kappa shape index (κ3) is 1.42. The van der Waals surface area contributed by atoms with Crippen LogP contribution >= 0.6 is 0 Å². The summed E-state index contributed by atoms with van der Waals surface area (Å²) >= 11 is 0. The first-order valence-corrected chi connectivity index (χ1v) is 4.08. The summed E-state index contributed by atoms with van der Waals surface area (Å²) in [4.78, 5) is 18.0. The number of nitrogens with one attached hydrogen (secondary N) is 2. The van der Waals surface area contributed by atoms with Gasteiger partial charge in [-0.2, -0.15) is 5.10 Å². The van der Waals surface area contributed by atoms with Crippen molar-refractivity contribution >= 4 is 0 Å². The Hall–Kier alpha value is -1.95. The van der Waals surface area contributed by atoms with Crippen LogP contribution in [0.25, 0.3) is 11.4 Å². The van der Waals surface area contributed by atoms with Crippen molar-refractivity contribution in [2.45, 2.75) is 6.54 Å². The summed E-state index contributed by atoms with van der Waals surface area (Å²) in [7, 11) is 0. The summed E-state index contributed by atoms with van der Waals surface area (Å²) in [6.45, 7) is 0.188. The topological polar surface area (TPSA) is 100 Å². The van der Waals surface area contributed by atoms with Gasteiger partial charge < -0.3 is 10.7 Å². The molecule has 2 heterocycles. The van der Waals surface area contributed by atoms with Crippen molar-refractivity contribution in [1.82, 2.24) is 20.2 Å². The molecular weight excluding hydrogens is 182 g/mol. The predicted molar refractivity (Wildman–Crippen MR) is 50.3 cm³/mol. The van der Waals surface area contributed by atoms with Gasteiger partial charge >= 0.3 is 0 Å². The van der Waals surface area contributed by atoms with E-state index in [9.17, 15) is 4.79 Å². The molecule has 0 aliphatic carbocycles. The van der Waals surface area contributed by atoms with Crippen LogP contribution in [0.4, 0.5) is 0 Å². The first-order valence-electron chi connectivity index (χ1n) is 4.08.